The lowest BCUT2D eigenvalue weighted by Gasteiger charge is -2.32. The zero-order valence-electron chi connectivity index (χ0n) is 12.2. The summed E-state index contributed by atoms with van der Waals surface area (Å²) in [5, 5.41) is 1.09. The molecule has 110 valence electrons. The van der Waals surface area contributed by atoms with Gasteiger partial charge in [0.25, 0.3) is 0 Å². The minimum Gasteiger partial charge on any atom is -0.369 e. The molecule has 3 rings (SSSR count). The van der Waals surface area contributed by atoms with Gasteiger partial charge in [-0.05, 0) is 37.0 Å². The van der Waals surface area contributed by atoms with E-state index in [1.165, 1.54) is 5.56 Å². The third-order valence-corrected chi connectivity index (χ3v) is 4.28. The minimum atomic E-state index is -0.185. The molecule has 2 aromatic rings. The lowest BCUT2D eigenvalue weighted by Crippen LogP contribution is -2.39. The number of nitrogens with zero attached hydrogens (tertiary/aromatic N) is 3. The van der Waals surface area contributed by atoms with Gasteiger partial charge < -0.3 is 10.6 Å². The van der Waals surface area contributed by atoms with Crippen LogP contribution in [-0.4, -0.2) is 29.0 Å². The number of carbonyl (C=O) groups excluding carboxylic acids is 1. The molecule has 1 saturated heterocycles. The minimum absolute atomic E-state index is 0.000513. The van der Waals surface area contributed by atoms with E-state index in [2.05, 4.69) is 40.0 Å². The van der Waals surface area contributed by atoms with Gasteiger partial charge in [-0.1, -0.05) is 13.0 Å². The maximum atomic E-state index is 11.3. The first-order valence-corrected chi connectivity index (χ1v) is 7.47. The number of hydrogen-bond donors (Lipinski definition) is 1. The third-order valence-electron chi connectivity index (χ3n) is 4.28. The van der Waals surface area contributed by atoms with Gasteiger partial charge in [-0.2, -0.15) is 0 Å². The smallest absolute Gasteiger partial charge is 0.220 e. The van der Waals surface area contributed by atoms with Gasteiger partial charge in [0.2, 0.25) is 5.91 Å². The molecular formula is C16H20N4O. The highest BCUT2D eigenvalue weighted by Gasteiger charge is 2.24. The van der Waals surface area contributed by atoms with Crippen molar-refractivity contribution in [2.24, 2.45) is 11.7 Å². The first-order valence-electron chi connectivity index (χ1n) is 7.47. The fraction of sp³-hybridized carbons (Fsp3) is 0.438. The van der Waals surface area contributed by atoms with Crippen LogP contribution in [0.25, 0.3) is 10.9 Å². The Hall–Kier alpha value is -2.17. The highest BCUT2D eigenvalue weighted by atomic mass is 16.1. The molecule has 0 saturated carbocycles. The maximum absolute atomic E-state index is 11.3. The Kier molecular flexibility index (Phi) is 3.73. The molecule has 1 aliphatic rings. The molecule has 21 heavy (non-hydrogen) atoms. The predicted molar refractivity (Wildman–Crippen MR) is 83.0 cm³/mol. The number of aryl methyl sites for hydroxylation is 1. The number of anilines is 1. The Morgan fingerprint density at radius 3 is 2.76 bits per heavy atom. The maximum Gasteiger partial charge on any atom is 0.220 e. The molecule has 0 atom stereocenters. The third kappa shape index (κ3) is 2.68. The van der Waals surface area contributed by atoms with Gasteiger partial charge in [-0.25, -0.2) is 9.97 Å². The molecule has 1 amide bonds. The molecule has 1 aliphatic heterocycles. The van der Waals surface area contributed by atoms with E-state index < -0.39 is 0 Å². The van der Waals surface area contributed by atoms with Gasteiger partial charge in [0, 0.05) is 24.4 Å². The number of rotatable bonds is 3. The van der Waals surface area contributed by atoms with Gasteiger partial charge in [-0.3, -0.25) is 4.79 Å². The number of fused-ring (bicyclic) bond motifs is 1. The zero-order chi connectivity index (χ0) is 14.8. The number of benzene rings is 1. The van der Waals surface area contributed by atoms with Gasteiger partial charge in [0.15, 0.2) is 0 Å². The summed E-state index contributed by atoms with van der Waals surface area (Å²) in [6.45, 7) is 3.77. The molecule has 2 heterocycles. The van der Waals surface area contributed by atoms with Crippen molar-refractivity contribution < 1.29 is 4.79 Å². The summed E-state index contributed by atoms with van der Waals surface area (Å²) in [6, 6.07) is 6.33. The standard InChI is InChI=1S/C16H20N4O/c1-2-11-3-4-14-13(9-11)16(19-10-18-14)20-7-5-12(6-8-20)15(17)21/h3-4,9-10,12H,2,5-8H2,1H3,(H2,17,21). The van der Waals surface area contributed by atoms with Gasteiger partial charge >= 0.3 is 0 Å². The van der Waals surface area contributed by atoms with Gasteiger partial charge in [-0.15, -0.1) is 0 Å². The van der Waals surface area contributed by atoms with E-state index in [0.717, 1.165) is 49.1 Å². The molecule has 0 radical (unpaired) electrons. The van der Waals surface area contributed by atoms with E-state index in [4.69, 9.17) is 5.73 Å². The first kappa shape index (κ1) is 13.8. The van der Waals surface area contributed by atoms with Crippen LogP contribution >= 0.6 is 0 Å². The van der Waals surface area contributed by atoms with E-state index in [1.54, 1.807) is 6.33 Å². The highest BCUT2D eigenvalue weighted by molar-refractivity contribution is 5.90. The Morgan fingerprint density at radius 2 is 2.10 bits per heavy atom. The van der Waals surface area contributed by atoms with Crippen LogP contribution in [-0.2, 0) is 11.2 Å². The van der Waals surface area contributed by atoms with Crippen LogP contribution in [0.5, 0.6) is 0 Å². The molecule has 1 aromatic heterocycles. The van der Waals surface area contributed by atoms with E-state index >= 15 is 0 Å². The predicted octanol–water partition coefficient (Wildman–Crippen LogP) is 1.89. The summed E-state index contributed by atoms with van der Waals surface area (Å²) in [6.07, 6.45) is 4.21. The van der Waals surface area contributed by atoms with Crippen LogP contribution in [0.1, 0.15) is 25.3 Å². The molecule has 1 fully saturated rings. The van der Waals surface area contributed by atoms with Gasteiger partial charge in [0.1, 0.15) is 12.1 Å². The van der Waals surface area contributed by atoms with Crippen LogP contribution in [0.4, 0.5) is 5.82 Å². The lowest BCUT2D eigenvalue weighted by atomic mass is 9.96. The zero-order valence-corrected chi connectivity index (χ0v) is 12.2. The van der Waals surface area contributed by atoms with Crippen molar-refractivity contribution in [3.8, 4) is 0 Å². The van der Waals surface area contributed by atoms with Crippen LogP contribution in [0.3, 0.4) is 0 Å². The van der Waals surface area contributed by atoms with Crippen LogP contribution < -0.4 is 10.6 Å². The number of amides is 1. The number of aromatic nitrogens is 2. The van der Waals surface area contributed by atoms with Gasteiger partial charge in [0.05, 0.1) is 5.52 Å². The molecule has 0 aliphatic carbocycles. The number of piperidine rings is 1. The summed E-state index contributed by atoms with van der Waals surface area (Å²) in [7, 11) is 0. The monoisotopic (exact) mass is 284 g/mol. The van der Waals surface area contributed by atoms with Crippen LogP contribution in [0.2, 0.25) is 0 Å². The van der Waals surface area contributed by atoms with Crippen LogP contribution in [0, 0.1) is 5.92 Å². The summed E-state index contributed by atoms with van der Waals surface area (Å²) >= 11 is 0. The summed E-state index contributed by atoms with van der Waals surface area (Å²) in [5.74, 6) is 0.786. The van der Waals surface area contributed by atoms with E-state index in [1.807, 2.05) is 0 Å². The van der Waals surface area contributed by atoms with Crippen molar-refractivity contribution in [3.63, 3.8) is 0 Å². The molecule has 1 aromatic carbocycles. The SMILES string of the molecule is CCc1ccc2ncnc(N3CCC(C(N)=O)CC3)c2c1. The molecule has 0 spiro atoms. The second-order valence-corrected chi connectivity index (χ2v) is 5.57. The first-order chi connectivity index (χ1) is 10.2. The number of primary amides is 1. The Morgan fingerprint density at radius 1 is 1.33 bits per heavy atom. The lowest BCUT2D eigenvalue weighted by molar-refractivity contribution is -0.122. The molecular weight excluding hydrogens is 264 g/mol. The largest absolute Gasteiger partial charge is 0.369 e. The van der Waals surface area contributed by atoms with Crippen molar-refractivity contribution in [1.82, 2.24) is 9.97 Å². The van der Waals surface area contributed by atoms with Crippen molar-refractivity contribution in [1.29, 1.82) is 0 Å². The topological polar surface area (TPSA) is 72.1 Å². The van der Waals surface area contributed by atoms with Crippen molar-refractivity contribution >= 4 is 22.6 Å². The number of nitrogens with two attached hydrogens (primary N) is 1. The fourth-order valence-electron chi connectivity index (χ4n) is 2.94. The molecule has 2 N–H and O–H groups in total. The summed E-state index contributed by atoms with van der Waals surface area (Å²) in [4.78, 5) is 22.3. The Bertz CT molecular complexity index is 662. The van der Waals surface area contributed by atoms with E-state index in [-0.39, 0.29) is 11.8 Å². The quantitative estimate of drug-likeness (QED) is 0.934. The van der Waals surface area contributed by atoms with Crippen molar-refractivity contribution in [3.05, 3.63) is 30.1 Å². The van der Waals surface area contributed by atoms with E-state index in [9.17, 15) is 4.79 Å². The molecule has 0 bridgehead atoms. The second kappa shape index (κ2) is 5.68. The second-order valence-electron chi connectivity index (χ2n) is 5.57. The van der Waals surface area contributed by atoms with E-state index in [0.29, 0.717) is 0 Å². The average Bonchev–Trinajstić information content (AvgIpc) is 2.54. The number of carbonyl (C=O) groups is 1. The van der Waals surface area contributed by atoms with Crippen molar-refractivity contribution in [2.45, 2.75) is 26.2 Å². The summed E-state index contributed by atoms with van der Waals surface area (Å²) in [5.41, 5.74) is 7.65. The molecule has 5 nitrogen and oxygen atoms in total. The number of hydrogen-bond acceptors (Lipinski definition) is 4. The Balaban J connectivity index is 1.92. The normalized spacial score (nSPS) is 16.3. The molecule has 0 unspecified atom stereocenters. The summed E-state index contributed by atoms with van der Waals surface area (Å²) < 4.78 is 0. The fourth-order valence-corrected chi connectivity index (χ4v) is 2.94. The van der Waals surface area contributed by atoms with Crippen LogP contribution in [0.15, 0.2) is 24.5 Å². The highest BCUT2D eigenvalue weighted by Crippen LogP contribution is 2.28. The van der Waals surface area contributed by atoms with Crippen molar-refractivity contribution in [2.75, 3.05) is 18.0 Å². The molecule has 5 heteroatoms. The Labute approximate surface area is 124 Å². The average molecular weight is 284 g/mol.